The maximum atomic E-state index is 12.8. The minimum absolute atomic E-state index is 0.00262. The Kier molecular flexibility index (Phi) is 3.59. The highest BCUT2D eigenvalue weighted by Crippen LogP contribution is 2.33. The lowest BCUT2D eigenvalue weighted by Gasteiger charge is -2.33. The smallest absolute Gasteiger partial charge is 0.388 e. The molecule has 2 N–H and O–H groups in total. The van der Waals surface area contributed by atoms with Crippen molar-refractivity contribution in [3.8, 4) is 0 Å². The van der Waals surface area contributed by atoms with E-state index in [0.29, 0.717) is 13.0 Å². The number of hydrogen-bond donors (Lipinski definition) is 2. The highest BCUT2D eigenvalue weighted by molar-refractivity contribution is 5.28. The summed E-state index contributed by atoms with van der Waals surface area (Å²) in [5, 5.41) is 13.3. The van der Waals surface area contributed by atoms with E-state index < -0.39 is 17.3 Å². The molecule has 1 atom stereocenters. The van der Waals surface area contributed by atoms with Crippen molar-refractivity contribution in [3.05, 3.63) is 29.6 Å². The zero-order valence-corrected chi connectivity index (χ0v) is 9.80. The van der Waals surface area contributed by atoms with Crippen LogP contribution >= 0.6 is 0 Å². The molecule has 18 heavy (non-hydrogen) atoms. The summed E-state index contributed by atoms with van der Waals surface area (Å²) in [6.07, 6.45) is -1.01. The van der Waals surface area contributed by atoms with Gasteiger partial charge in [0, 0.05) is 25.4 Å². The Hall–Kier alpha value is -1.14. The van der Waals surface area contributed by atoms with E-state index in [1.165, 1.54) is 12.3 Å². The van der Waals surface area contributed by atoms with Crippen LogP contribution in [0.25, 0.3) is 0 Å². The molecule has 1 saturated heterocycles. The number of nitrogens with one attached hydrogen (secondary N) is 1. The van der Waals surface area contributed by atoms with Gasteiger partial charge in [-0.05, 0) is 31.0 Å². The van der Waals surface area contributed by atoms with E-state index in [-0.39, 0.29) is 12.0 Å². The fraction of sp³-hybridized carbons (Fsp3) is 0.583. The van der Waals surface area contributed by atoms with Crippen LogP contribution in [0.4, 0.5) is 13.2 Å². The van der Waals surface area contributed by atoms with Gasteiger partial charge in [-0.3, -0.25) is 4.98 Å². The van der Waals surface area contributed by atoms with E-state index in [1.807, 2.05) is 0 Å². The van der Waals surface area contributed by atoms with Crippen molar-refractivity contribution >= 4 is 0 Å². The van der Waals surface area contributed by atoms with E-state index in [0.717, 1.165) is 19.2 Å². The van der Waals surface area contributed by atoms with Crippen LogP contribution in [-0.2, 0) is 12.6 Å². The molecule has 0 radical (unpaired) electrons. The summed E-state index contributed by atoms with van der Waals surface area (Å²) in [6, 6.07) is 1.33. The molecule has 1 fully saturated rings. The second-order valence-electron chi connectivity index (χ2n) is 4.71. The normalized spacial score (nSPS) is 25.1. The van der Waals surface area contributed by atoms with Crippen LogP contribution in [0.15, 0.2) is 18.5 Å². The van der Waals surface area contributed by atoms with Crippen LogP contribution in [0.2, 0.25) is 0 Å². The van der Waals surface area contributed by atoms with Crippen molar-refractivity contribution in [1.29, 1.82) is 0 Å². The Morgan fingerprint density at radius 2 is 2.22 bits per heavy atom. The first-order valence-corrected chi connectivity index (χ1v) is 5.84. The van der Waals surface area contributed by atoms with Crippen molar-refractivity contribution < 1.29 is 18.3 Å². The van der Waals surface area contributed by atoms with E-state index in [4.69, 9.17) is 0 Å². The summed E-state index contributed by atoms with van der Waals surface area (Å²) in [6.45, 7) is 1.12. The predicted octanol–water partition coefficient (Wildman–Crippen LogP) is 1.76. The molecule has 2 rings (SSSR count). The van der Waals surface area contributed by atoms with Crippen molar-refractivity contribution in [2.45, 2.75) is 31.0 Å². The lowest BCUT2D eigenvalue weighted by atomic mass is 9.86. The quantitative estimate of drug-likeness (QED) is 0.851. The minimum Gasteiger partial charge on any atom is -0.388 e. The molecule has 3 nitrogen and oxygen atoms in total. The highest BCUT2D eigenvalue weighted by Gasteiger charge is 2.37. The molecule has 1 unspecified atom stereocenters. The Morgan fingerprint density at radius 3 is 2.83 bits per heavy atom. The van der Waals surface area contributed by atoms with E-state index in [2.05, 4.69) is 10.3 Å². The van der Waals surface area contributed by atoms with Crippen LogP contribution in [-0.4, -0.2) is 28.8 Å². The van der Waals surface area contributed by atoms with Crippen LogP contribution in [0.5, 0.6) is 0 Å². The van der Waals surface area contributed by atoms with Crippen LogP contribution in [0.3, 0.4) is 0 Å². The predicted molar refractivity (Wildman–Crippen MR) is 60.0 cm³/mol. The van der Waals surface area contributed by atoms with Gasteiger partial charge in [-0.25, -0.2) is 0 Å². The molecule has 0 amide bonds. The molecule has 100 valence electrons. The fourth-order valence-corrected chi connectivity index (χ4v) is 2.29. The average molecular weight is 260 g/mol. The molecular formula is C12H15F3N2O. The number of β-amino-alcohol motifs (C(OH)–C–C–N with tert-alkyl or cyclic N) is 1. The van der Waals surface area contributed by atoms with Gasteiger partial charge in [0.15, 0.2) is 0 Å². The standard InChI is InChI=1S/C12H15F3N2O/c13-12(14,15)10-7-16-5-2-9(10)6-11(18)3-1-4-17-8-11/h2,5,7,17-18H,1,3-4,6,8H2. The van der Waals surface area contributed by atoms with Crippen molar-refractivity contribution in [2.24, 2.45) is 0 Å². The molecular weight excluding hydrogens is 245 g/mol. The van der Waals surface area contributed by atoms with Gasteiger partial charge in [0.05, 0.1) is 11.2 Å². The number of halogens is 3. The van der Waals surface area contributed by atoms with Gasteiger partial charge in [0.2, 0.25) is 0 Å². The fourth-order valence-electron chi connectivity index (χ4n) is 2.29. The second kappa shape index (κ2) is 4.85. The minimum atomic E-state index is -4.43. The third-order valence-corrected chi connectivity index (χ3v) is 3.19. The molecule has 1 aliphatic rings. The first-order valence-electron chi connectivity index (χ1n) is 5.84. The molecule has 0 saturated carbocycles. The lowest BCUT2D eigenvalue weighted by Crippen LogP contribution is -2.47. The summed E-state index contributed by atoms with van der Waals surface area (Å²) >= 11 is 0. The molecule has 1 aromatic rings. The van der Waals surface area contributed by atoms with Gasteiger partial charge in [0.1, 0.15) is 0 Å². The second-order valence-corrected chi connectivity index (χ2v) is 4.71. The number of nitrogens with zero attached hydrogens (tertiary/aromatic N) is 1. The number of aliphatic hydroxyl groups is 1. The monoisotopic (exact) mass is 260 g/mol. The Labute approximate surface area is 103 Å². The molecule has 0 spiro atoms. The van der Waals surface area contributed by atoms with E-state index in [9.17, 15) is 18.3 Å². The third-order valence-electron chi connectivity index (χ3n) is 3.19. The number of aromatic nitrogens is 1. The molecule has 1 aromatic heterocycles. The van der Waals surface area contributed by atoms with Gasteiger partial charge in [-0.15, -0.1) is 0 Å². The lowest BCUT2D eigenvalue weighted by molar-refractivity contribution is -0.138. The van der Waals surface area contributed by atoms with Gasteiger partial charge in [-0.1, -0.05) is 0 Å². The first-order chi connectivity index (χ1) is 8.41. The maximum absolute atomic E-state index is 12.8. The van der Waals surface area contributed by atoms with Gasteiger partial charge in [0.25, 0.3) is 0 Å². The van der Waals surface area contributed by atoms with E-state index in [1.54, 1.807) is 0 Å². The molecule has 1 aliphatic heterocycles. The third kappa shape index (κ3) is 3.00. The summed E-state index contributed by atoms with van der Waals surface area (Å²) < 4.78 is 38.4. The van der Waals surface area contributed by atoms with Gasteiger partial charge < -0.3 is 10.4 Å². The Morgan fingerprint density at radius 1 is 1.44 bits per heavy atom. The number of piperidine rings is 1. The summed E-state index contributed by atoms with van der Waals surface area (Å²) in [5.74, 6) is 0. The van der Waals surface area contributed by atoms with Crippen LogP contribution in [0.1, 0.15) is 24.0 Å². The largest absolute Gasteiger partial charge is 0.418 e. The topological polar surface area (TPSA) is 45.2 Å². The molecule has 2 heterocycles. The molecule has 0 bridgehead atoms. The summed E-state index contributed by atoms with van der Waals surface area (Å²) in [4.78, 5) is 3.51. The number of hydrogen-bond acceptors (Lipinski definition) is 3. The van der Waals surface area contributed by atoms with Crippen LogP contribution in [0, 0.1) is 0 Å². The number of rotatable bonds is 2. The van der Waals surface area contributed by atoms with Gasteiger partial charge >= 0.3 is 6.18 Å². The summed E-state index contributed by atoms with van der Waals surface area (Å²) in [7, 11) is 0. The molecule has 0 aliphatic carbocycles. The highest BCUT2D eigenvalue weighted by atomic mass is 19.4. The summed E-state index contributed by atoms with van der Waals surface area (Å²) in [5.41, 5.74) is -1.76. The maximum Gasteiger partial charge on any atom is 0.418 e. The average Bonchev–Trinajstić information content (AvgIpc) is 2.28. The zero-order valence-electron chi connectivity index (χ0n) is 9.80. The zero-order chi connectivity index (χ0) is 13.2. The van der Waals surface area contributed by atoms with Crippen molar-refractivity contribution in [2.75, 3.05) is 13.1 Å². The van der Waals surface area contributed by atoms with Gasteiger partial charge in [-0.2, -0.15) is 13.2 Å². The Bertz CT molecular complexity index is 414. The number of pyridine rings is 1. The molecule has 0 aromatic carbocycles. The van der Waals surface area contributed by atoms with Crippen molar-refractivity contribution in [1.82, 2.24) is 10.3 Å². The van der Waals surface area contributed by atoms with Crippen molar-refractivity contribution in [3.63, 3.8) is 0 Å². The molecule has 6 heteroatoms. The number of alkyl halides is 3. The SMILES string of the molecule is OC1(Cc2ccncc2C(F)(F)F)CCCNC1. The first kappa shape index (κ1) is 13.3. The Balaban J connectivity index is 2.23. The van der Waals surface area contributed by atoms with Crippen LogP contribution < -0.4 is 5.32 Å². The van der Waals surface area contributed by atoms with E-state index >= 15 is 0 Å².